The molecule has 94 valence electrons. The van der Waals surface area contributed by atoms with Crippen LogP contribution in [0, 0.1) is 0 Å². The normalized spacial score (nSPS) is 11.4. The third kappa shape index (κ3) is 4.49. The monoisotopic (exact) mass is 337 g/mol. The van der Waals surface area contributed by atoms with Gasteiger partial charge < -0.3 is 5.32 Å². The standard InChI is InChI=1S/C12H14BrCl2NO/c1-12(2,5-6-14)16-11(17)9-7-8(15)3-4-10(9)13/h3-4,7H,5-6H2,1-2H3,(H,16,17). The van der Waals surface area contributed by atoms with Crippen LogP contribution in [0.5, 0.6) is 0 Å². The lowest BCUT2D eigenvalue weighted by Gasteiger charge is -2.25. The van der Waals surface area contributed by atoms with E-state index in [0.717, 1.165) is 4.47 Å². The molecule has 17 heavy (non-hydrogen) atoms. The number of hydrogen-bond donors (Lipinski definition) is 1. The largest absolute Gasteiger partial charge is 0.347 e. The van der Waals surface area contributed by atoms with Crippen molar-refractivity contribution in [1.82, 2.24) is 5.32 Å². The Balaban J connectivity index is 2.86. The Morgan fingerprint density at radius 1 is 1.47 bits per heavy atom. The van der Waals surface area contributed by atoms with Crippen LogP contribution in [0.15, 0.2) is 22.7 Å². The molecule has 0 bridgehead atoms. The van der Waals surface area contributed by atoms with E-state index in [9.17, 15) is 4.79 Å². The average Bonchev–Trinajstić information content (AvgIpc) is 2.20. The summed E-state index contributed by atoms with van der Waals surface area (Å²) in [4.78, 5) is 12.1. The number of alkyl halides is 1. The zero-order valence-corrected chi connectivity index (χ0v) is 12.8. The molecule has 2 nitrogen and oxygen atoms in total. The Morgan fingerprint density at radius 3 is 2.71 bits per heavy atom. The van der Waals surface area contributed by atoms with Gasteiger partial charge >= 0.3 is 0 Å². The van der Waals surface area contributed by atoms with E-state index in [-0.39, 0.29) is 11.4 Å². The predicted octanol–water partition coefficient (Wildman–Crippen LogP) is 4.24. The predicted molar refractivity (Wildman–Crippen MR) is 76.0 cm³/mol. The van der Waals surface area contributed by atoms with E-state index < -0.39 is 0 Å². The van der Waals surface area contributed by atoms with E-state index in [1.54, 1.807) is 18.2 Å². The van der Waals surface area contributed by atoms with Crippen molar-refractivity contribution in [2.45, 2.75) is 25.8 Å². The number of halogens is 3. The van der Waals surface area contributed by atoms with Crippen LogP contribution in [0.4, 0.5) is 0 Å². The molecule has 1 amide bonds. The fraction of sp³-hybridized carbons (Fsp3) is 0.417. The van der Waals surface area contributed by atoms with Crippen molar-refractivity contribution < 1.29 is 4.79 Å². The third-order valence-corrected chi connectivity index (χ3v) is 3.46. The van der Waals surface area contributed by atoms with Crippen molar-refractivity contribution in [1.29, 1.82) is 0 Å². The van der Waals surface area contributed by atoms with Gasteiger partial charge in [0, 0.05) is 20.9 Å². The van der Waals surface area contributed by atoms with Crippen LogP contribution < -0.4 is 5.32 Å². The van der Waals surface area contributed by atoms with Gasteiger partial charge in [-0.05, 0) is 54.4 Å². The average molecular weight is 339 g/mol. The van der Waals surface area contributed by atoms with Crippen LogP contribution in [0.3, 0.4) is 0 Å². The summed E-state index contributed by atoms with van der Waals surface area (Å²) in [6.45, 7) is 3.87. The van der Waals surface area contributed by atoms with Crippen LogP contribution in [0.25, 0.3) is 0 Å². The van der Waals surface area contributed by atoms with Gasteiger partial charge in [-0.1, -0.05) is 11.6 Å². The van der Waals surface area contributed by atoms with Crippen LogP contribution >= 0.6 is 39.1 Å². The maximum atomic E-state index is 12.1. The number of amides is 1. The second-order valence-electron chi connectivity index (χ2n) is 4.40. The van der Waals surface area contributed by atoms with Crippen molar-refractivity contribution in [2.75, 3.05) is 5.88 Å². The molecular formula is C12H14BrCl2NO. The van der Waals surface area contributed by atoms with Crippen molar-refractivity contribution in [3.8, 4) is 0 Å². The van der Waals surface area contributed by atoms with E-state index in [1.807, 2.05) is 13.8 Å². The van der Waals surface area contributed by atoms with Crippen molar-refractivity contribution in [2.24, 2.45) is 0 Å². The van der Waals surface area contributed by atoms with Gasteiger partial charge in [0.15, 0.2) is 0 Å². The highest BCUT2D eigenvalue weighted by atomic mass is 79.9. The highest BCUT2D eigenvalue weighted by molar-refractivity contribution is 9.10. The quantitative estimate of drug-likeness (QED) is 0.817. The minimum Gasteiger partial charge on any atom is -0.347 e. The van der Waals surface area contributed by atoms with Crippen molar-refractivity contribution in [3.05, 3.63) is 33.3 Å². The Bertz CT molecular complexity index is 421. The Morgan fingerprint density at radius 2 is 2.12 bits per heavy atom. The third-order valence-electron chi connectivity index (χ3n) is 2.34. The first-order valence-corrected chi connectivity index (χ1v) is 6.90. The molecule has 1 aromatic carbocycles. The molecule has 0 unspecified atom stereocenters. The van der Waals surface area contributed by atoms with Gasteiger partial charge in [-0.15, -0.1) is 11.6 Å². The first-order chi connectivity index (χ1) is 7.85. The van der Waals surface area contributed by atoms with E-state index in [4.69, 9.17) is 23.2 Å². The number of benzene rings is 1. The second-order valence-corrected chi connectivity index (χ2v) is 6.07. The van der Waals surface area contributed by atoms with Crippen molar-refractivity contribution in [3.63, 3.8) is 0 Å². The number of carbonyl (C=O) groups is 1. The fourth-order valence-electron chi connectivity index (χ4n) is 1.34. The molecule has 0 aliphatic rings. The van der Waals surface area contributed by atoms with Gasteiger partial charge in [-0.25, -0.2) is 0 Å². The van der Waals surface area contributed by atoms with Gasteiger partial charge in [-0.3, -0.25) is 4.79 Å². The van der Waals surface area contributed by atoms with Crippen LogP contribution in [-0.2, 0) is 0 Å². The van der Waals surface area contributed by atoms with E-state index >= 15 is 0 Å². The number of rotatable bonds is 4. The summed E-state index contributed by atoms with van der Waals surface area (Å²) >= 11 is 14.9. The van der Waals surface area contributed by atoms with Gasteiger partial charge in [0.05, 0.1) is 5.56 Å². The summed E-state index contributed by atoms with van der Waals surface area (Å²) in [7, 11) is 0. The minimum atomic E-state index is -0.333. The van der Waals surface area contributed by atoms with E-state index in [0.29, 0.717) is 22.9 Å². The van der Waals surface area contributed by atoms with Gasteiger partial charge in [-0.2, -0.15) is 0 Å². The highest BCUT2D eigenvalue weighted by Gasteiger charge is 2.21. The summed E-state index contributed by atoms with van der Waals surface area (Å²) in [5, 5.41) is 3.47. The van der Waals surface area contributed by atoms with Gasteiger partial charge in [0.1, 0.15) is 0 Å². The molecule has 0 aromatic heterocycles. The van der Waals surface area contributed by atoms with Gasteiger partial charge in [0.25, 0.3) is 5.91 Å². The molecule has 0 fully saturated rings. The topological polar surface area (TPSA) is 29.1 Å². The molecule has 0 saturated carbocycles. The molecule has 1 rings (SSSR count). The molecule has 1 aromatic rings. The molecule has 0 heterocycles. The number of carbonyl (C=O) groups excluding carboxylic acids is 1. The lowest BCUT2D eigenvalue weighted by Crippen LogP contribution is -2.43. The van der Waals surface area contributed by atoms with Crippen LogP contribution in [0.2, 0.25) is 5.02 Å². The first kappa shape index (κ1) is 14.8. The number of hydrogen-bond acceptors (Lipinski definition) is 1. The van der Waals surface area contributed by atoms with E-state index in [2.05, 4.69) is 21.2 Å². The summed E-state index contributed by atoms with van der Waals surface area (Å²) in [6.07, 6.45) is 0.707. The Labute approximate surface area is 120 Å². The molecule has 1 N–H and O–H groups in total. The zero-order chi connectivity index (χ0) is 13.1. The summed E-state index contributed by atoms with van der Waals surface area (Å²) in [5.74, 6) is 0.346. The van der Waals surface area contributed by atoms with Crippen LogP contribution in [0.1, 0.15) is 30.6 Å². The van der Waals surface area contributed by atoms with Gasteiger partial charge in [0.2, 0.25) is 0 Å². The molecule has 0 spiro atoms. The Kier molecular flexibility index (Phi) is 5.29. The highest BCUT2D eigenvalue weighted by Crippen LogP contribution is 2.22. The maximum absolute atomic E-state index is 12.1. The molecule has 0 aliphatic heterocycles. The molecule has 0 aliphatic carbocycles. The summed E-state index contributed by atoms with van der Waals surface area (Å²) < 4.78 is 0.723. The summed E-state index contributed by atoms with van der Waals surface area (Å²) in [5.41, 5.74) is 0.195. The van der Waals surface area contributed by atoms with E-state index in [1.165, 1.54) is 0 Å². The lowest BCUT2D eigenvalue weighted by atomic mass is 10.0. The first-order valence-electron chi connectivity index (χ1n) is 5.19. The summed E-state index contributed by atoms with van der Waals surface area (Å²) in [6, 6.07) is 5.12. The minimum absolute atomic E-state index is 0.158. The molecule has 5 heteroatoms. The molecular weight excluding hydrogens is 325 g/mol. The number of nitrogens with one attached hydrogen (secondary N) is 1. The second kappa shape index (κ2) is 6.07. The van der Waals surface area contributed by atoms with Crippen molar-refractivity contribution >= 4 is 45.0 Å². The molecule has 0 saturated heterocycles. The SMILES string of the molecule is CC(C)(CCCl)NC(=O)c1cc(Cl)ccc1Br. The smallest absolute Gasteiger partial charge is 0.252 e. The lowest BCUT2D eigenvalue weighted by molar-refractivity contribution is 0.0911. The molecule has 0 radical (unpaired) electrons. The zero-order valence-electron chi connectivity index (χ0n) is 9.69. The fourth-order valence-corrected chi connectivity index (χ4v) is 2.42. The molecule has 0 atom stereocenters. The Hall–Kier alpha value is -0.250. The van der Waals surface area contributed by atoms with Crippen LogP contribution in [-0.4, -0.2) is 17.3 Å². The maximum Gasteiger partial charge on any atom is 0.252 e.